The van der Waals surface area contributed by atoms with Crippen LogP contribution in [-0.4, -0.2) is 21.0 Å². The van der Waals surface area contributed by atoms with Crippen molar-refractivity contribution < 1.29 is 14.8 Å². The van der Waals surface area contributed by atoms with E-state index in [1.807, 2.05) is 0 Å². The van der Waals surface area contributed by atoms with Crippen LogP contribution in [0, 0.1) is 10.1 Å². The first-order chi connectivity index (χ1) is 9.56. The molecule has 0 bridgehead atoms. The number of nitrogens with zero attached hydrogens (tertiary/aromatic N) is 2. The number of pyridine rings is 1. The number of carbonyl (C=O) groups is 1. The minimum absolute atomic E-state index is 0.0714. The number of aromatic nitrogens is 1. The third kappa shape index (κ3) is 3.19. The van der Waals surface area contributed by atoms with Crippen molar-refractivity contribution in [3.05, 3.63) is 52.8 Å². The molecule has 0 atom stereocenters. The van der Waals surface area contributed by atoms with E-state index in [9.17, 15) is 20.0 Å². The zero-order valence-electron chi connectivity index (χ0n) is 10.1. The van der Waals surface area contributed by atoms with E-state index in [4.69, 9.17) is 0 Å². The summed E-state index contributed by atoms with van der Waals surface area (Å²) in [7, 11) is 0. The number of urea groups is 1. The van der Waals surface area contributed by atoms with Gasteiger partial charge in [-0.1, -0.05) is 0 Å². The van der Waals surface area contributed by atoms with E-state index in [1.165, 1.54) is 24.5 Å². The molecule has 102 valence electrons. The van der Waals surface area contributed by atoms with E-state index in [1.54, 1.807) is 12.1 Å². The Balaban J connectivity index is 2.06. The van der Waals surface area contributed by atoms with Crippen LogP contribution in [0.2, 0.25) is 0 Å². The highest BCUT2D eigenvalue weighted by Crippen LogP contribution is 2.27. The largest absolute Gasteiger partial charge is 0.506 e. The smallest absolute Gasteiger partial charge is 0.323 e. The summed E-state index contributed by atoms with van der Waals surface area (Å²) in [5.74, 6) is -0.385. The highest BCUT2D eigenvalue weighted by atomic mass is 16.6. The molecule has 0 spiro atoms. The number of phenolic OH excluding ortho intramolecular Hbond substituents is 1. The lowest BCUT2D eigenvalue weighted by Crippen LogP contribution is -2.19. The molecule has 0 unspecified atom stereocenters. The van der Waals surface area contributed by atoms with Gasteiger partial charge in [-0.25, -0.2) is 4.79 Å². The Morgan fingerprint density at radius 1 is 1.20 bits per heavy atom. The molecule has 2 aromatic rings. The Morgan fingerprint density at radius 2 is 1.90 bits per heavy atom. The molecular formula is C12H10N4O4. The number of nitrogens with one attached hydrogen (secondary N) is 2. The number of nitro groups is 1. The standard InChI is InChI=1S/C12H10N4O4/c17-11-7-9(16(19)20)1-2-10(11)15-12(18)14-8-3-5-13-6-4-8/h1-7,17H,(H2,13,14,15,18). The van der Waals surface area contributed by atoms with Crippen molar-refractivity contribution in [1.82, 2.24) is 4.98 Å². The fourth-order valence-electron chi connectivity index (χ4n) is 1.46. The number of hydrogen-bond acceptors (Lipinski definition) is 5. The van der Waals surface area contributed by atoms with Crippen LogP contribution >= 0.6 is 0 Å². The normalized spacial score (nSPS) is 9.80. The number of benzene rings is 1. The first kappa shape index (κ1) is 13.3. The lowest BCUT2D eigenvalue weighted by atomic mass is 10.2. The fourth-order valence-corrected chi connectivity index (χ4v) is 1.46. The first-order valence-electron chi connectivity index (χ1n) is 5.51. The molecule has 0 aliphatic heterocycles. The van der Waals surface area contributed by atoms with Gasteiger partial charge in [0.05, 0.1) is 16.7 Å². The Morgan fingerprint density at radius 3 is 2.50 bits per heavy atom. The van der Waals surface area contributed by atoms with E-state index < -0.39 is 11.0 Å². The van der Waals surface area contributed by atoms with Crippen LogP contribution in [0.5, 0.6) is 5.75 Å². The number of rotatable bonds is 3. The van der Waals surface area contributed by atoms with E-state index >= 15 is 0 Å². The lowest BCUT2D eigenvalue weighted by Gasteiger charge is -2.08. The van der Waals surface area contributed by atoms with Crippen molar-refractivity contribution in [3.63, 3.8) is 0 Å². The molecular weight excluding hydrogens is 264 g/mol. The average molecular weight is 274 g/mol. The number of amides is 2. The number of aromatic hydroxyl groups is 1. The summed E-state index contributed by atoms with van der Waals surface area (Å²) in [6.07, 6.45) is 3.03. The Hall–Kier alpha value is -3.16. The second-order valence-corrected chi connectivity index (χ2v) is 3.77. The number of carbonyl (C=O) groups excluding carboxylic acids is 1. The molecule has 1 heterocycles. The van der Waals surface area contributed by atoms with Crippen molar-refractivity contribution in [2.45, 2.75) is 0 Å². The Kier molecular flexibility index (Phi) is 3.75. The van der Waals surface area contributed by atoms with Gasteiger partial charge in [0.2, 0.25) is 0 Å². The molecule has 1 aromatic heterocycles. The van der Waals surface area contributed by atoms with E-state index in [-0.39, 0.29) is 17.1 Å². The van der Waals surface area contributed by atoms with Crippen LogP contribution in [0.4, 0.5) is 21.9 Å². The second kappa shape index (κ2) is 5.65. The predicted molar refractivity (Wildman–Crippen MR) is 71.6 cm³/mol. The van der Waals surface area contributed by atoms with Gasteiger partial charge < -0.3 is 15.7 Å². The van der Waals surface area contributed by atoms with Gasteiger partial charge in [-0.15, -0.1) is 0 Å². The SMILES string of the molecule is O=C(Nc1ccncc1)Nc1ccc([N+](=O)[O-])cc1O. The topological polar surface area (TPSA) is 117 Å². The van der Waals surface area contributed by atoms with Crippen molar-refractivity contribution in [1.29, 1.82) is 0 Å². The van der Waals surface area contributed by atoms with E-state index in [2.05, 4.69) is 15.6 Å². The summed E-state index contributed by atoms with van der Waals surface area (Å²) in [5.41, 5.74) is 0.337. The van der Waals surface area contributed by atoms with Crippen LogP contribution in [0.25, 0.3) is 0 Å². The highest BCUT2D eigenvalue weighted by molar-refractivity contribution is 6.00. The van der Waals surface area contributed by atoms with E-state index in [0.29, 0.717) is 5.69 Å². The summed E-state index contributed by atoms with van der Waals surface area (Å²) in [6.45, 7) is 0. The summed E-state index contributed by atoms with van der Waals surface area (Å²) in [6, 6.07) is 5.99. The predicted octanol–water partition coefficient (Wildman–Crippen LogP) is 2.34. The maximum atomic E-state index is 11.7. The van der Waals surface area contributed by atoms with Crippen LogP contribution in [0.1, 0.15) is 0 Å². The van der Waals surface area contributed by atoms with Gasteiger partial charge in [0.25, 0.3) is 5.69 Å². The molecule has 0 radical (unpaired) electrons. The zero-order valence-corrected chi connectivity index (χ0v) is 10.1. The summed E-state index contributed by atoms with van der Waals surface area (Å²) in [4.78, 5) is 25.3. The van der Waals surface area contributed by atoms with Gasteiger partial charge in [0, 0.05) is 24.1 Å². The zero-order chi connectivity index (χ0) is 14.5. The maximum Gasteiger partial charge on any atom is 0.323 e. The van der Waals surface area contributed by atoms with Crippen LogP contribution in [0.3, 0.4) is 0 Å². The van der Waals surface area contributed by atoms with Gasteiger partial charge in [-0.05, 0) is 18.2 Å². The number of phenols is 1. The summed E-state index contributed by atoms with van der Waals surface area (Å²) < 4.78 is 0. The molecule has 0 aliphatic carbocycles. The van der Waals surface area contributed by atoms with Gasteiger partial charge >= 0.3 is 6.03 Å². The maximum absolute atomic E-state index is 11.7. The lowest BCUT2D eigenvalue weighted by molar-refractivity contribution is -0.384. The van der Waals surface area contributed by atoms with Gasteiger partial charge in [-0.2, -0.15) is 0 Å². The molecule has 0 saturated heterocycles. The van der Waals surface area contributed by atoms with Crippen molar-refractivity contribution >= 4 is 23.1 Å². The van der Waals surface area contributed by atoms with E-state index in [0.717, 1.165) is 6.07 Å². The van der Waals surface area contributed by atoms with Gasteiger partial charge in [0.1, 0.15) is 5.75 Å². The summed E-state index contributed by atoms with van der Waals surface area (Å²) >= 11 is 0. The van der Waals surface area contributed by atoms with Gasteiger partial charge in [-0.3, -0.25) is 15.1 Å². The molecule has 0 saturated carbocycles. The number of nitro benzene ring substituents is 1. The molecule has 8 heteroatoms. The number of anilines is 2. The minimum atomic E-state index is -0.638. The van der Waals surface area contributed by atoms with Crippen molar-refractivity contribution in [2.24, 2.45) is 0 Å². The van der Waals surface area contributed by atoms with Crippen LogP contribution in [-0.2, 0) is 0 Å². The summed E-state index contributed by atoms with van der Waals surface area (Å²) in [5, 5.41) is 25.0. The molecule has 2 amide bonds. The molecule has 3 N–H and O–H groups in total. The highest BCUT2D eigenvalue weighted by Gasteiger charge is 2.12. The minimum Gasteiger partial charge on any atom is -0.506 e. The monoisotopic (exact) mass is 274 g/mol. The third-order valence-electron chi connectivity index (χ3n) is 2.38. The third-order valence-corrected chi connectivity index (χ3v) is 2.38. The molecule has 0 fully saturated rings. The molecule has 0 aliphatic rings. The number of non-ortho nitro benzene ring substituents is 1. The van der Waals surface area contributed by atoms with Crippen molar-refractivity contribution in [2.75, 3.05) is 10.6 Å². The molecule has 1 aromatic carbocycles. The Labute approximate surface area is 113 Å². The van der Waals surface area contributed by atoms with Crippen LogP contribution in [0.15, 0.2) is 42.7 Å². The first-order valence-corrected chi connectivity index (χ1v) is 5.51. The quantitative estimate of drug-likeness (QED) is 0.451. The van der Waals surface area contributed by atoms with Crippen LogP contribution < -0.4 is 10.6 Å². The fraction of sp³-hybridized carbons (Fsp3) is 0. The van der Waals surface area contributed by atoms with Gasteiger partial charge in [0.15, 0.2) is 0 Å². The molecule has 8 nitrogen and oxygen atoms in total. The molecule has 2 rings (SSSR count). The van der Waals surface area contributed by atoms with Crippen molar-refractivity contribution in [3.8, 4) is 5.75 Å². The molecule has 20 heavy (non-hydrogen) atoms. The Bertz CT molecular complexity index is 645. The second-order valence-electron chi connectivity index (χ2n) is 3.77. The average Bonchev–Trinajstić information content (AvgIpc) is 2.42. The number of hydrogen-bond donors (Lipinski definition) is 3.